The normalized spacial score (nSPS) is 30.1. The molecule has 4 heteroatoms. The molecule has 1 saturated carbocycles. The standard InChI is InChI=1S/C8H14O3S/c1-12-11-7-5-3-2-4-6(7)8(9)10/h6-7H,2-5H2,1H3,(H,9,10). The molecule has 0 radical (unpaired) electrons. The molecule has 0 aromatic heterocycles. The summed E-state index contributed by atoms with van der Waals surface area (Å²) in [5.74, 6) is -1.00. The maximum absolute atomic E-state index is 10.8. The lowest BCUT2D eigenvalue weighted by molar-refractivity contribution is -0.146. The van der Waals surface area contributed by atoms with E-state index in [0.717, 1.165) is 25.7 Å². The van der Waals surface area contributed by atoms with Crippen molar-refractivity contribution in [3.05, 3.63) is 0 Å². The quantitative estimate of drug-likeness (QED) is 0.691. The maximum atomic E-state index is 10.8. The van der Waals surface area contributed by atoms with Crippen LogP contribution in [-0.2, 0) is 8.98 Å². The Kier molecular flexibility index (Phi) is 3.88. The van der Waals surface area contributed by atoms with Gasteiger partial charge < -0.3 is 9.29 Å². The number of carboxylic acid groups (broad SMARTS) is 1. The first-order valence-corrected chi connectivity index (χ1v) is 5.33. The highest BCUT2D eigenvalue weighted by Crippen LogP contribution is 2.28. The predicted molar refractivity (Wildman–Crippen MR) is 48.0 cm³/mol. The Labute approximate surface area is 76.7 Å². The van der Waals surface area contributed by atoms with E-state index in [1.54, 1.807) is 0 Å². The predicted octanol–water partition coefficient (Wildman–Crippen LogP) is 1.92. The van der Waals surface area contributed by atoms with E-state index in [-0.39, 0.29) is 12.0 Å². The van der Waals surface area contributed by atoms with Gasteiger partial charge in [-0.15, -0.1) is 0 Å². The lowest BCUT2D eigenvalue weighted by atomic mass is 9.87. The Morgan fingerprint density at radius 3 is 2.75 bits per heavy atom. The molecule has 2 unspecified atom stereocenters. The Bertz CT molecular complexity index is 158. The SMILES string of the molecule is CSOC1CCCCC1C(=O)O. The van der Waals surface area contributed by atoms with Gasteiger partial charge >= 0.3 is 5.97 Å². The zero-order chi connectivity index (χ0) is 8.97. The summed E-state index contributed by atoms with van der Waals surface area (Å²) in [6, 6.07) is 0. The van der Waals surface area contributed by atoms with Crippen LogP contribution < -0.4 is 0 Å². The molecular formula is C8H14O3S. The summed E-state index contributed by atoms with van der Waals surface area (Å²) in [6.45, 7) is 0. The second-order valence-electron chi connectivity index (χ2n) is 3.03. The van der Waals surface area contributed by atoms with Gasteiger partial charge in [0.05, 0.1) is 12.0 Å². The topological polar surface area (TPSA) is 46.5 Å². The third-order valence-corrected chi connectivity index (χ3v) is 2.68. The van der Waals surface area contributed by atoms with E-state index in [1.165, 1.54) is 12.0 Å². The molecule has 0 heterocycles. The van der Waals surface area contributed by atoms with Crippen molar-refractivity contribution in [3.8, 4) is 0 Å². The molecule has 0 amide bonds. The average molecular weight is 190 g/mol. The molecule has 3 nitrogen and oxygen atoms in total. The summed E-state index contributed by atoms with van der Waals surface area (Å²) in [5.41, 5.74) is 0. The fraction of sp³-hybridized carbons (Fsp3) is 0.875. The minimum Gasteiger partial charge on any atom is -0.481 e. The second-order valence-corrected chi connectivity index (χ2v) is 3.56. The van der Waals surface area contributed by atoms with Crippen LogP contribution in [0.4, 0.5) is 0 Å². The summed E-state index contributed by atoms with van der Waals surface area (Å²) in [5, 5.41) is 8.85. The van der Waals surface area contributed by atoms with E-state index in [0.29, 0.717) is 0 Å². The summed E-state index contributed by atoms with van der Waals surface area (Å²) in [6.07, 6.45) is 5.51. The number of carbonyl (C=O) groups is 1. The van der Waals surface area contributed by atoms with Crippen molar-refractivity contribution in [2.24, 2.45) is 5.92 Å². The molecule has 1 N–H and O–H groups in total. The molecule has 2 atom stereocenters. The summed E-state index contributed by atoms with van der Waals surface area (Å²) in [7, 11) is 0. The van der Waals surface area contributed by atoms with Crippen LogP contribution in [0, 0.1) is 5.92 Å². The number of hydrogen-bond donors (Lipinski definition) is 1. The molecule has 1 fully saturated rings. The number of aliphatic carboxylic acids is 1. The highest BCUT2D eigenvalue weighted by molar-refractivity contribution is 7.93. The van der Waals surface area contributed by atoms with Crippen molar-refractivity contribution in [2.75, 3.05) is 6.26 Å². The maximum Gasteiger partial charge on any atom is 0.309 e. The van der Waals surface area contributed by atoms with Crippen LogP contribution in [0.15, 0.2) is 0 Å². The van der Waals surface area contributed by atoms with Gasteiger partial charge in [0.2, 0.25) is 0 Å². The van der Waals surface area contributed by atoms with Crippen molar-refractivity contribution in [1.82, 2.24) is 0 Å². The van der Waals surface area contributed by atoms with Gasteiger partial charge in [-0.05, 0) is 24.9 Å². The van der Waals surface area contributed by atoms with E-state index in [4.69, 9.17) is 9.29 Å². The van der Waals surface area contributed by atoms with Gasteiger partial charge in [0.25, 0.3) is 0 Å². The molecule has 0 spiro atoms. The van der Waals surface area contributed by atoms with E-state index in [1.807, 2.05) is 6.26 Å². The summed E-state index contributed by atoms with van der Waals surface area (Å²) >= 11 is 1.27. The second kappa shape index (κ2) is 4.72. The van der Waals surface area contributed by atoms with Gasteiger partial charge in [-0.3, -0.25) is 4.79 Å². The largest absolute Gasteiger partial charge is 0.481 e. The Morgan fingerprint density at radius 2 is 2.17 bits per heavy atom. The first-order chi connectivity index (χ1) is 5.75. The molecule has 1 aliphatic carbocycles. The summed E-state index contributed by atoms with van der Waals surface area (Å²) < 4.78 is 5.29. The van der Waals surface area contributed by atoms with E-state index in [9.17, 15) is 4.79 Å². The molecular weight excluding hydrogens is 176 g/mol. The van der Waals surface area contributed by atoms with Gasteiger partial charge in [-0.25, -0.2) is 0 Å². The van der Waals surface area contributed by atoms with Crippen LogP contribution in [0.5, 0.6) is 0 Å². The third-order valence-electron chi connectivity index (χ3n) is 2.24. The van der Waals surface area contributed by atoms with E-state index >= 15 is 0 Å². The lowest BCUT2D eigenvalue weighted by Gasteiger charge is -2.26. The van der Waals surface area contributed by atoms with Crippen molar-refractivity contribution >= 4 is 18.0 Å². The zero-order valence-electron chi connectivity index (χ0n) is 7.16. The summed E-state index contributed by atoms with van der Waals surface area (Å²) in [4.78, 5) is 10.8. The smallest absolute Gasteiger partial charge is 0.309 e. The molecule has 0 aromatic carbocycles. The minimum atomic E-state index is -0.714. The van der Waals surface area contributed by atoms with Crippen molar-refractivity contribution in [2.45, 2.75) is 31.8 Å². The van der Waals surface area contributed by atoms with Gasteiger partial charge in [-0.2, -0.15) is 0 Å². The van der Waals surface area contributed by atoms with E-state index in [2.05, 4.69) is 0 Å². The molecule has 12 heavy (non-hydrogen) atoms. The van der Waals surface area contributed by atoms with E-state index < -0.39 is 5.97 Å². The number of rotatable bonds is 3. The average Bonchev–Trinajstić information content (AvgIpc) is 2.05. The van der Waals surface area contributed by atoms with Crippen LogP contribution in [0.3, 0.4) is 0 Å². The van der Waals surface area contributed by atoms with Crippen LogP contribution in [0.2, 0.25) is 0 Å². The zero-order valence-corrected chi connectivity index (χ0v) is 7.97. The van der Waals surface area contributed by atoms with Crippen LogP contribution in [-0.4, -0.2) is 23.4 Å². The van der Waals surface area contributed by atoms with Gasteiger partial charge in [0, 0.05) is 6.26 Å². The monoisotopic (exact) mass is 190 g/mol. The highest BCUT2D eigenvalue weighted by Gasteiger charge is 2.31. The molecule has 1 rings (SSSR count). The fourth-order valence-electron chi connectivity index (χ4n) is 1.62. The first kappa shape index (κ1) is 9.86. The highest BCUT2D eigenvalue weighted by atomic mass is 32.2. The third kappa shape index (κ3) is 2.38. The minimum absolute atomic E-state index is 0.0775. The Hall–Kier alpha value is -0.220. The Morgan fingerprint density at radius 1 is 1.50 bits per heavy atom. The number of hydrogen-bond acceptors (Lipinski definition) is 3. The first-order valence-electron chi connectivity index (χ1n) is 4.18. The fourth-order valence-corrected chi connectivity index (χ4v) is 2.10. The Balaban J connectivity index is 2.48. The lowest BCUT2D eigenvalue weighted by Crippen LogP contribution is -2.32. The molecule has 0 bridgehead atoms. The van der Waals surface area contributed by atoms with Crippen LogP contribution in [0.1, 0.15) is 25.7 Å². The van der Waals surface area contributed by atoms with Crippen LogP contribution in [0.25, 0.3) is 0 Å². The molecule has 0 aromatic rings. The van der Waals surface area contributed by atoms with Gasteiger partial charge in [-0.1, -0.05) is 12.8 Å². The molecule has 1 aliphatic rings. The van der Waals surface area contributed by atoms with Crippen molar-refractivity contribution < 1.29 is 14.1 Å². The van der Waals surface area contributed by atoms with Crippen molar-refractivity contribution in [1.29, 1.82) is 0 Å². The number of carboxylic acids is 1. The van der Waals surface area contributed by atoms with Gasteiger partial charge in [0.1, 0.15) is 0 Å². The molecule has 0 aliphatic heterocycles. The molecule has 70 valence electrons. The van der Waals surface area contributed by atoms with Crippen molar-refractivity contribution in [3.63, 3.8) is 0 Å². The van der Waals surface area contributed by atoms with Gasteiger partial charge in [0.15, 0.2) is 0 Å². The molecule has 0 saturated heterocycles. The van der Waals surface area contributed by atoms with Crippen LogP contribution >= 0.6 is 12.0 Å².